The van der Waals surface area contributed by atoms with E-state index in [-0.39, 0.29) is 16.9 Å². The Kier molecular flexibility index (Phi) is 8.48. The van der Waals surface area contributed by atoms with Gasteiger partial charge in [0, 0.05) is 54.8 Å². The highest BCUT2D eigenvalue weighted by atomic mass is 32.2. The van der Waals surface area contributed by atoms with E-state index in [1.165, 1.54) is 0 Å². The maximum atomic E-state index is 13.7. The SMILES string of the molecule is CCOc1cncc(-c2cc(C(=O)N3CCN(c4ccc(C(=O)NS(C)(=O)=O)cc4)CC3)cc(C(C)(C)C)c2)c1. The number of carbonyl (C=O) groups is 2. The molecule has 212 valence electrons. The third-order valence-corrected chi connectivity index (χ3v) is 7.30. The second kappa shape index (κ2) is 11.7. The van der Waals surface area contributed by atoms with Gasteiger partial charge in [-0.2, -0.15) is 0 Å². The van der Waals surface area contributed by atoms with Crippen LogP contribution in [-0.4, -0.2) is 69.2 Å². The highest BCUT2D eigenvalue weighted by Crippen LogP contribution is 2.31. The fraction of sp³-hybridized carbons (Fsp3) is 0.367. The molecule has 10 heteroatoms. The van der Waals surface area contributed by atoms with Crippen molar-refractivity contribution < 1.29 is 22.7 Å². The van der Waals surface area contributed by atoms with Crippen LogP contribution in [0.2, 0.25) is 0 Å². The molecule has 0 radical (unpaired) electrons. The lowest BCUT2D eigenvalue weighted by Crippen LogP contribution is -2.48. The van der Waals surface area contributed by atoms with E-state index in [0.717, 1.165) is 28.6 Å². The summed E-state index contributed by atoms with van der Waals surface area (Å²) in [4.78, 5) is 34.1. The lowest BCUT2D eigenvalue weighted by atomic mass is 9.84. The highest BCUT2D eigenvalue weighted by molar-refractivity contribution is 7.89. The van der Waals surface area contributed by atoms with Crippen molar-refractivity contribution in [2.24, 2.45) is 0 Å². The molecule has 0 saturated carbocycles. The lowest BCUT2D eigenvalue weighted by molar-refractivity contribution is 0.0746. The van der Waals surface area contributed by atoms with Gasteiger partial charge in [0.1, 0.15) is 5.75 Å². The summed E-state index contributed by atoms with van der Waals surface area (Å²) in [5.74, 6) is 0.00431. The molecule has 4 rings (SSSR count). The maximum Gasteiger partial charge on any atom is 0.264 e. The standard InChI is InChI=1S/C30H36N4O5S/c1-6-39-27-18-24(19-31-20-27)22-15-23(17-25(16-22)30(2,3)4)29(36)34-13-11-33(12-14-34)26-9-7-21(8-10-26)28(35)32-40(5,37)38/h7-10,15-20H,6,11-14H2,1-5H3,(H,32,35). The smallest absolute Gasteiger partial charge is 0.264 e. The van der Waals surface area contributed by atoms with Gasteiger partial charge in [0.2, 0.25) is 10.0 Å². The lowest BCUT2D eigenvalue weighted by Gasteiger charge is -2.36. The van der Waals surface area contributed by atoms with Crippen molar-refractivity contribution in [3.8, 4) is 16.9 Å². The van der Waals surface area contributed by atoms with Crippen LogP contribution in [0.5, 0.6) is 5.75 Å². The predicted octanol–water partition coefficient (Wildman–Crippen LogP) is 4.10. The van der Waals surface area contributed by atoms with Gasteiger partial charge in [-0.25, -0.2) is 13.1 Å². The van der Waals surface area contributed by atoms with E-state index in [2.05, 4.69) is 36.7 Å². The van der Waals surface area contributed by atoms with Gasteiger partial charge < -0.3 is 14.5 Å². The van der Waals surface area contributed by atoms with Crippen LogP contribution in [0.15, 0.2) is 60.9 Å². The molecule has 1 aliphatic heterocycles. The van der Waals surface area contributed by atoms with E-state index >= 15 is 0 Å². The Hall–Kier alpha value is -3.92. The van der Waals surface area contributed by atoms with Gasteiger partial charge in [-0.15, -0.1) is 0 Å². The zero-order chi connectivity index (χ0) is 29.1. The van der Waals surface area contributed by atoms with Crippen LogP contribution in [0.1, 0.15) is 54.0 Å². The van der Waals surface area contributed by atoms with Crippen molar-refractivity contribution in [1.82, 2.24) is 14.6 Å². The number of benzene rings is 2. The minimum atomic E-state index is -3.63. The Labute approximate surface area is 236 Å². The van der Waals surface area contributed by atoms with Crippen LogP contribution in [-0.2, 0) is 15.4 Å². The van der Waals surface area contributed by atoms with Gasteiger partial charge >= 0.3 is 0 Å². The summed E-state index contributed by atoms with van der Waals surface area (Å²) in [6, 6.07) is 14.7. The van der Waals surface area contributed by atoms with Gasteiger partial charge in [-0.1, -0.05) is 26.8 Å². The van der Waals surface area contributed by atoms with E-state index in [9.17, 15) is 18.0 Å². The van der Waals surface area contributed by atoms with Crippen molar-refractivity contribution >= 4 is 27.5 Å². The molecule has 1 aliphatic rings. The van der Waals surface area contributed by atoms with Gasteiger partial charge in [-0.05, 0) is 65.9 Å². The number of sulfonamides is 1. The Bertz CT molecular complexity index is 1490. The summed E-state index contributed by atoms with van der Waals surface area (Å²) >= 11 is 0. The number of nitrogens with one attached hydrogen (secondary N) is 1. The summed E-state index contributed by atoms with van der Waals surface area (Å²) in [6.45, 7) is 11.2. The molecule has 1 saturated heterocycles. The molecule has 1 fully saturated rings. The van der Waals surface area contributed by atoms with Crippen molar-refractivity contribution in [3.63, 3.8) is 0 Å². The zero-order valence-electron chi connectivity index (χ0n) is 23.6. The van der Waals surface area contributed by atoms with Crippen LogP contribution in [0.25, 0.3) is 11.1 Å². The number of hydrogen-bond acceptors (Lipinski definition) is 7. The topological polar surface area (TPSA) is 109 Å². The summed E-state index contributed by atoms with van der Waals surface area (Å²) < 4.78 is 30.3. The Morgan fingerprint density at radius 3 is 2.20 bits per heavy atom. The first kappa shape index (κ1) is 29.1. The van der Waals surface area contributed by atoms with Crippen molar-refractivity contribution in [3.05, 3.63) is 77.6 Å². The fourth-order valence-electron chi connectivity index (χ4n) is 4.57. The molecule has 0 atom stereocenters. The van der Waals surface area contributed by atoms with E-state index in [1.807, 2.05) is 34.7 Å². The number of piperazine rings is 1. The maximum absolute atomic E-state index is 13.7. The molecule has 40 heavy (non-hydrogen) atoms. The van der Waals surface area contributed by atoms with E-state index in [1.54, 1.807) is 36.7 Å². The average molecular weight is 565 g/mol. The molecule has 1 N–H and O–H groups in total. The van der Waals surface area contributed by atoms with Gasteiger partial charge in [0.15, 0.2) is 0 Å². The van der Waals surface area contributed by atoms with Crippen molar-refractivity contribution in [2.45, 2.75) is 33.1 Å². The Balaban J connectivity index is 1.49. The molecular weight excluding hydrogens is 528 g/mol. The first-order chi connectivity index (χ1) is 18.8. The number of nitrogens with zero attached hydrogens (tertiary/aromatic N) is 3. The number of rotatable bonds is 7. The zero-order valence-corrected chi connectivity index (χ0v) is 24.4. The number of anilines is 1. The molecule has 2 amide bonds. The van der Waals surface area contributed by atoms with Crippen LogP contribution in [0, 0.1) is 0 Å². The van der Waals surface area contributed by atoms with Gasteiger partial charge in [0.05, 0.1) is 19.1 Å². The summed E-state index contributed by atoms with van der Waals surface area (Å²) in [6.07, 6.45) is 4.41. The fourth-order valence-corrected chi connectivity index (χ4v) is 5.03. The third kappa shape index (κ3) is 7.18. The molecule has 3 aromatic rings. The van der Waals surface area contributed by atoms with E-state index < -0.39 is 15.9 Å². The molecule has 0 bridgehead atoms. The quantitative estimate of drug-likeness (QED) is 0.460. The summed E-state index contributed by atoms with van der Waals surface area (Å²) in [5, 5.41) is 0. The number of carbonyl (C=O) groups excluding carboxylic acids is 2. The first-order valence-corrected chi connectivity index (χ1v) is 15.1. The molecule has 2 aromatic carbocycles. The van der Waals surface area contributed by atoms with E-state index in [4.69, 9.17) is 4.74 Å². The molecular formula is C30H36N4O5S. The minimum absolute atomic E-state index is 0.0197. The van der Waals surface area contributed by atoms with Crippen LogP contribution in [0.3, 0.4) is 0 Å². The number of hydrogen-bond donors (Lipinski definition) is 1. The molecule has 0 aliphatic carbocycles. The molecule has 2 heterocycles. The van der Waals surface area contributed by atoms with Crippen molar-refractivity contribution in [2.75, 3.05) is 43.9 Å². The Morgan fingerprint density at radius 2 is 1.60 bits per heavy atom. The van der Waals surface area contributed by atoms with Crippen LogP contribution >= 0.6 is 0 Å². The molecule has 9 nitrogen and oxygen atoms in total. The number of ether oxygens (including phenoxy) is 1. The number of pyridine rings is 1. The number of aromatic nitrogens is 1. The monoisotopic (exact) mass is 564 g/mol. The van der Waals surface area contributed by atoms with Gasteiger partial charge in [0.25, 0.3) is 11.8 Å². The van der Waals surface area contributed by atoms with Crippen molar-refractivity contribution in [1.29, 1.82) is 0 Å². The van der Waals surface area contributed by atoms with Crippen LogP contribution < -0.4 is 14.4 Å². The third-order valence-electron chi connectivity index (χ3n) is 6.74. The molecule has 0 spiro atoms. The van der Waals surface area contributed by atoms with Gasteiger partial charge in [-0.3, -0.25) is 14.6 Å². The summed E-state index contributed by atoms with van der Waals surface area (Å²) in [7, 11) is -3.63. The normalized spacial score (nSPS) is 14.1. The predicted molar refractivity (Wildman–Crippen MR) is 156 cm³/mol. The molecule has 1 aromatic heterocycles. The minimum Gasteiger partial charge on any atom is -0.492 e. The number of amides is 2. The average Bonchev–Trinajstić information content (AvgIpc) is 2.91. The second-order valence-corrected chi connectivity index (χ2v) is 12.7. The van der Waals surface area contributed by atoms with E-state index in [0.29, 0.717) is 44.1 Å². The largest absolute Gasteiger partial charge is 0.492 e. The van der Waals surface area contributed by atoms with Crippen LogP contribution in [0.4, 0.5) is 5.69 Å². The molecule has 0 unspecified atom stereocenters. The first-order valence-electron chi connectivity index (χ1n) is 13.2. The summed E-state index contributed by atoms with van der Waals surface area (Å²) in [5.41, 5.74) is 4.53. The second-order valence-electron chi connectivity index (χ2n) is 10.9. The highest BCUT2D eigenvalue weighted by Gasteiger charge is 2.25. The Morgan fingerprint density at radius 1 is 0.925 bits per heavy atom.